The molecule has 1 amide bonds. The van der Waals surface area contributed by atoms with Gasteiger partial charge in [-0.2, -0.15) is 0 Å². The number of halogens is 1. The van der Waals surface area contributed by atoms with Gasteiger partial charge in [0, 0.05) is 40.1 Å². The number of ether oxygens (including phenoxy) is 1. The minimum Gasteiger partial charge on any atom is -0.490 e. The Kier molecular flexibility index (Phi) is 4.61. The molecule has 0 fully saturated rings. The van der Waals surface area contributed by atoms with Crippen molar-refractivity contribution in [3.05, 3.63) is 77.2 Å². The van der Waals surface area contributed by atoms with Crippen LogP contribution in [-0.2, 0) is 0 Å². The molecule has 2 atom stereocenters. The van der Waals surface area contributed by atoms with Gasteiger partial charge >= 0.3 is 0 Å². The Morgan fingerprint density at radius 2 is 2.10 bits per heavy atom. The number of pyridine rings is 2. The molecule has 0 radical (unpaired) electrons. The molecule has 1 aromatic carbocycles. The highest BCUT2D eigenvalue weighted by Crippen LogP contribution is 2.37. The molecule has 30 heavy (non-hydrogen) atoms. The van der Waals surface area contributed by atoms with Gasteiger partial charge in [0.1, 0.15) is 24.1 Å². The summed E-state index contributed by atoms with van der Waals surface area (Å²) in [6, 6.07) is 11.9. The van der Waals surface area contributed by atoms with Crippen molar-refractivity contribution in [2.24, 2.45) is 0 Å². The summed E-state index contributed by atoms with van der Waals surface area (Å²) in [6.45, 7) is 0.0736. The number of aliphatic hydroxyl groups is 1. The van der Waals surface area contributed by atoms with Gasteiger partial charge in [-0.05, 0) is 36.4 Å². The topological polar surface area (TPSA) is 100 Å². The maximum atomic E-state index is 12.8. The number of hydrogen-bond donors (Lipinski definition) is 3. The van der Waals surface area contributed by atoms with Gasteiger partial charge in [-0.25, -0.2) is 4.98 Å². The first-order valence-corrected chi connectivity index (χ1v) is 9.78. The normalized spacial score (nSPS) is 17.9. The number of nitrogens with zero attached hydrogens (tertiary/aromatic N) is 2. The predicted octanol–water partition coefficient (Wildman–Crippen LogP) is 3.50. The van der Waals surface area contributed by atoms with E-state index in [1.807, 2.05) is 18.3 Å². The fourth-order valence-electron chi connectivity index (χ4n) is 3.67. The Morgan fingerprint density at radius 1 is 1.20 bits per heavy atom. The van der Waals surface area contributed by atoms with E-state index in [1.165, 1.54) is 6.20 Å². The third kappa shape index (κ3) is 3.18. The van der Waals surface area contributed by atoms with Crippen LogP contribution < -0.4 is 10.1 Å². The average molecular weight is 421 g/mol. The lowest BCUT2D eigenvalue weighted by Gasteiger charge is -2.31. The lowest BCUT2D eigenvalue weighted by atomic mass is 9.97. The highest BCUT2D eigenvalue weighted by atomic mass is 35.5. The number of aromatic amines is 1. The number of nitrogens with one attached hydrogen (secondary N) is 2. The Bertz CT molecular complexity index is 1240. The first kappa shape index (κ1) is 18.6. The van der Waals surface area contributed by atoms with Crippen LogP contribution in [-0.4, -0.2) is 38.7 Å². The van der Waals surface area contributed by atoms with E-state index in [2.05, 4.69) is 20.3 Å². The van der Waals surface area contributed by atoms with Crippen LogP contribution in [0.3, 0.4) is 0 Å². The van der Waals surface area contributed by atoms with Gasteiger partial charge in [0.25, 0.3) is 5.91 Å². The molecule has 0 saturated heterocycles. The zero-order valence-electron chi connectivity index (χ0n) is 15.7. The number of rotatable bonds is 3. The zero-order valence-corrected chi connectivity index (χ0v) is 16.4. The quantitative estimate of drug-likeness (QED) is 0.471. The highest BCUT2D eigenvalue weighted by molar-refractivity contribution is 6.31. The lowest BCUT2D eigenvalue weighted by Crippen LogP contribution is -2.42. The van der Waals surface area contributed by atoms with E-state index in [4.69, 9.17) is 16.3 Å². The van der Waals surface area contributed by atoms with E-state index in [1.54, 1.807) is 36.5 Å². The Hall–Kier alpha value is -3.42. The summed E-state index contributed by atoms with van der Waals surface area (Å²) >= 11 is 6.30. The first-order chi connectivity index (χ1) is 14.6. The number of carbonyl (C=O) groups excluding carboxylic acids is 1. The van der Waals surface area contributed by atoms with Crippen molar-refractivity contribution >= 4 is 28.5 Å². The summed E-state index contributed by atoms with van der Waals surface area (Å²) in [5, 5.41) is 14.6. The van der Waals surface area contributed by atoms with Crippen molar-refractivity contribution in [2.45, 2.75) is 12.1 Å². The van der Waals surface area contributed by atoms with Crippen molar-refractivity contribution < 1.29 is 14.6 Å². The minimum atomic E-state index is -0.910. The first-order valence-electron chi connectivity index (χ1n) is 9.40. The van der Waals surface area contributed by atoms with E-state index >= 15 is 0 Å². The van der Waals surface area contributed by atoms with E-state index in [-0.39, 0.29) is 12.5 Å². The molecule has 4 aromatic rings. The third-order valence-corrected chi connectivity index (χ3v) is 5.50. The fourth-order valence-corrected chi connectivity index (χ4v) is 3.96. The smallest absolute Gasteiger partial charge is 0.253 e. The van der Waals surface area contributed by atoms with Gasteiger partial charge in [-0.15, -0.1) is 0 Å². The van der Waals surface area contributed by atoms with E-state index in [0.717, 1.165) is 22.3 Å². The number of amides is 1. The Morgan fingerprint density at radius 3 is 2.93 bits per heavy atom. The Balaban J connectivity index is 1.41. The van der Waals surface area contributed by atoms with Crippen LogP contribution in [0.25, 0.3) is 22.3 Å². The largest absolute Gasteiger partial charge is 0.490 e. The number of fused-ring (bicyclic) bond motifs is 2. The van der Waals surface area contributed by atoms with E-state index < -0.39 is 12.1 Å². The molecule has 7 nitrogen and oxygen atoms in total. The molecule has 5 rings (SSSR count). The zero-order chi connectivity index (χ0) is 20.7. The molecule has 3 N–H and O–H groups in total. The second kappa shape index (κ2) is 7.44. The third-order valence-electron chi connectivity index (χ3n) is 5.17. The number of carbonyl (C=O) groups is 1. The van der Waals surface area contributed by atoms with Crippen molar-refractivity contribution in [1.29, 1.82) is 0 Å². The number of aliphatic hydroxyl groups excluding tert-OH is 1. The second-order valence-electron chi connectivity index (χ2n) is 7.01. The summed E-state index contributed by atoms with van der Waals surface area (Å²) in [5.74, 6) is 0.201. The minimum absolute atomic E-state index is 0.0736. The number of benzene rings is 1. The van der Waals surface area contributed by atoms with Gasteiger partial charge in [-0.3, -0.25) is 9.78 Å². The maximum absolute atomic E-state index is 12.8. The lowest BCUT2D eigenvalue weighted by molar-refractivity contribution is 0.0502. The number of H-pyrrole nitrogens is 1. The summed E-state index contributed by atoms with van der Waals surface area (Å²) in [4.78, 5) is 24.6. The summed E-state index contributed by atoms with van der Waals surface area (Å²) in [6.07, 6.45) is 4.14. The molecule has 0 saturated carbocycles. The van der Waals surface area contributed by atoms with Crippen LogP contribution in [0.15, 0.2) is 61.1 Å². The van der Waals surface area contributed by atoms with Crippen LogP contribution in [0.1, 0.15) is 22.0 Å². The molecule has 150 valence electrons. The van der Waals surface area contributed by atoms with Crippen molar-refractivity contribution in [2.75, 3.05) is 6.61 Å². The molecule has 8 heteroatoms. The predicted molar refractivity (Wildman–Crippen MR) is 112 cm³/mol. The average Bonchev–Trinajstić information content (AvgIpc) is 3.25. The molecular formula is C22H17ClN4O3. The van der Waals surface area contributed by atoms with Crippen LogP contribution >= 0.6 is 11.6 Å². The highest BCUT2D eigenvalue weighted by Gasteiger charge is 2.33. The summed E-state index contributed by atoms with van der Waals surface area (Å²) in [7, 11) is 0. The van der Waals surface area contributed by atoms with Gasteiger partial charge in [0.15, 0.2) is 0 Å². The molecule has 1 aliphatic rings. The molecule has 0 spiro atoms. The molecule has 0 aliphatic carbocycles. The van der Waals surface area contributed by atoms with Gasteiger partial charge in [0.05, 0.1) is 17.3 Å². The van der Waals surface area contributed by atoms with Crippen molar-refractivity contribution in [3.8, 4) is 17.0 Å². The summed E-state index contributed by atoms with van der Waals surface area (Å²) in [5.41, 5.74) is 3.39. The Labute approximate surface area is 176 Å². The van der Waals surface area contributed by atoms with Crippen LogP contribution in [0.5, 0.6) is 5.75 Å². The van der Waals surface area contributed by atoms with Gasteiger partial charge in [-0.1, -0.05) is 17.7 Å². The van der Waals surface area contributed by atoms with Crippen LogP contribution in [0.2, 0.25) is 5.02 Å². The van der Waals surface area contributed by atoms with Crippen molar-refractivity contribution in [3.63, 3.8) is 0 Å². The van der Waals surface area contributed by atoms with Crippen molar-refractivity contribution in [1.82, 2.24) is 20.3 Å². The van der Waals surface area contributed by atoms with Crippen LogP contribution in [0.4, 0.5) is 0 Å². The van der Waals surface area contributed by atoms with E-state index in [0.29, 0.717) is 21.9 Å². The molecule has 4 heterocycles. The summed E-state index contributed by atoms with van der Waals surface area (Å²) < 4.78 is 5.52. The second-order valence-corrected chi connectivity index (χ2v) is 7.42. The number of aromatic nitrogens is 3. The standard InChI is InChI=1S/C22H17ClN4O3/c23-15-2-1-3-18-19(15)20(17(28)11-30-18)27-22(29)12-4-5-16(26-10-12)13-6-8-24-21-14(13)7-9-25-21/h1-10,17,20,28H,11H2,(H,24,25)(H,27,29)/t17-,20-/m0/s1. The maximum Gasteiger partial charge on any atom is 0.253 e. The molecule has 0 bridgehead atoms. The van der Waals surface area contributed by atoms with Gasteiger partial charge in [0.2, 0.25) is 0 Å². The molecule has 1 aliphatic heterocycles. The van der Waals surface area contributed by atoms with E-state index in [9.17, 15) is 9.90 Å². The molecule has 0 unspecified atom stereocenters. The van der Waals surface area contributed by atoms with Crippen LogP contribution in [0, 0.1) is 0 Å². The SMILES string of the molecule is O=C(N[C@@H]1c2c(Cl)cccc2OC[C@@H]1O)c1ccc(-c2ccnc3[nH]ccc23)nc1. The monoisotopic (exact) mass is 420 g/mol. The molecule has 3 aromatic heterocycles. The molecular weight excluding hydrogens is 404 g/mol. The fraction of sp³-hybridized carbons (Fsp3) is 0.136. The number of hydrogen-bond acceptors (Lipinski definition) is 5. The van der Waals surface area contributed by atoms with Gasteiger partial charge < -0.3 is 20.1 Å².